The molecule has 7 N–H and O–H groups in total. The van der Waals surface area contributed by atoms with Gasteiger partial charge in [-0.3, -0.25) is 28.8 Å². The van der Waals surface area contributed by atoms with Crippen molar-refractivity contribution in [3.8, 4) is 16.2 Å². The van der Waals surface area contributed by atoms with Gasteiger partial charge in [-0.15, -0.1) is 11.3 Å². The number of hydrogen-bond acceptors (Lipinski definition) is 11. The molecule has 370 valence electrons. The Hall–Kier alpha value is -5.10. The summed E-state index contributed by atoms with van der Waals surface area (Å²) in [5, 5.41) is 17.1. The molecule has 68 heavy (non-hydrogen) atoms. The van der Waals surface area contributed by atoms with Crippen LogP contribution >= 0.6 is 22.9 Å². The van der Waals surface area contributed by atoms with Crippen molar-refractivity contribution in [2.24, 2.45) is 16.9 Å². The van der Waals surface area contributed by atoms with Gasteiger partial charge in [0.05, 0.1) is 45.3 Å². The lowest BCUT2D eigenvalue weighted by Gasteiger charge is -2.41. The van der Waals surface area contributed by atoms with Crippen LogP contribution in [0.15, 0.2) is 48.0 Å². The molecule has 3 aliphatic heterocycles. The average molecular weight is 978 g/mol. The minimum absolute atomic E-state index is 0.00235. The summed E-state index contributed by atoms with van der Waals surface area (Å²) in [6.45, 7) is 9.36. The van der Waals surface area contributed by atoms with Crippen LogP contribution in [0.2, 0.25) is 5.02 Å². The molecule has 0 bridgehead atoms. The molecular weight excluding hydrogens is 908 g/mol. The number of primary amides is 1. The van der Waals surface area contributed by atoms with Gasteiger partial charge >= 0.3 is 0 Å². The van der Waals surface area contributed by atoms with E-state index < -0.39 is 53.7 Å². The summed E-state index contributed by atoms with van der Waals surface area (Å²) < 4.78 is 6.26. The summed E-state index contributed by atoms with van der Waals surface area (Å²) in [5.74, 6) is -1.42. The summed E-state index contributed by atoms with van der Waals surface area (Å²) in [6.07, 6.45) is 5.95. The van der Waals surface area contributed by atoms with Gasteiger partial charge < -0.3 is 46.6 Å². The smallest absolute Gasteiger partial charge is 0.246 e. The minimum atomic E-state index is -0.956. The molecule has 2 unspecified atom stereocenters. The Morgan fingerprint density at radius 2 is 1.78 bits per heavy atom. The van der Waals surface area contributed by atoms with Crippen LogP contribution in [0.4, 0.5) is 0 Å². The maximum absolute atomic E-state index is 14.2. The summed E-state index contributed by atoms with van der Waals surface area (Å²) >= 11 is 8.46. The molecule has 2 aromatic carbocycles. The fourth-order valence-electron chi connectivity index (χ4n) is 9.75. The first-order valence-electron chi connectivity index (χ1n) is 24.0. The number of aromatic nitrogens is 1. The number of thiazole rings is 1. The number of halogens is 1. The molecule has 0 saturated carbocycles. The second kappa shape index (κ2) is 23.5. The highest BCUT2D eigenvalue weighted by Crippen LogP contribution is 2.35. The largest absolute Gasteiger partial charge is 0.490 e. The zero-order valence-corrected chi connectivity index (χ0v) is 41.5. The van der Waals surface area contributed by atoms with E-state index in [4.69, 9.17) is 27.8 Å². The maximum Gasteiger partial charge on any atom is 0.246 e. The highest BCUT2D eigenvalue weighted by molar-refractivity contribution is 7.13. The monoisotopic (exact) mass is 976 g/mol. The number of benzene rings is 2. The molecule has 0 aliphatic carbocycles. The molecule has 3 aliphatic rings. The second-order valence-corrected chi connectivity index (χ2v) is 20.9. The molecule has 3 fully saturated rings. The number of β-amino-alcohol motifs (C(OH)–C–C–N with tert-alkyl or cyclic N) is 1. The number of aryl methyl sites for hydroxylation is 2. The van der Waals surface area contributed by atoms with Crippen molar-refractivity contribution in [2.75, 3.05) is 13.2 Å². The van der Waals surface area contributed by atoms with Crippen LogP contribution in [0, 0.1) is 12.3 Å². The van der Waals surface area contributed by atoms with E-state index in [1.54, 1.807) is 27.2 Å². The van der Waals surface area contributed by atoms with Crippen LogP contribution in [0.1, 0.15) is 128 Å². The van der Waals surface area contributed by atoms with E-state index >= 15 is 0 Å². The number of carbonyl (C=O) groups excluding carboxylic acids is 6. The zero-order chi connectivity index (χ0) is 49.3. The lowest BCUT2D eigenvalue weighted by Crippen LogP contribution is -2.58. The minimum Gasteiger partial charge on any atom is -0.490 e. The Kier molecular flexibility index (Phi) is 18.0. The normalized spacial score (nSPS) is 22.1. The number of fused-ring (bicyclic) bond motifs is 1. The summed E-state index contributed by atoms with van der Waals surface area (Å²) in [6, 6.07) is 9.85. The molecule has 8 atom stereocenters. The van der Waals surface area contributed by atoms with Crippen molar-refractivity contribution in [1.82, 2.24) is 30.3 Å². The van der Waals surface area contributed by atoms with Crippen molar-refractivity contribution < 1.29 is 38.6 Å². The van der Waals surface area contributed by atoms with Crippen LogP contribution < -0.4 is 26.8 Å². The van der Waals surface area contributed by atoms with E-state index in [9.17, 15) is 33.9 Å². The number of nitrogens with one attached hydrogen (secondary N) is 2. The third-order valence-corrected chi connectivity index (χ3v) is 15.0. The number of unbranched alkanes of at least 4 members (excludes halogenated alkanes) is 1. The molecule has 6 amide bonds. The van der Waals surface area contributed by atoms with Crippen LogP contribution in [0.3, 0.4) is 0 Å². The lowest BCUT2D eigenvalue weighted by atomic mass is 9.85. The molecule has 1 aromatic heterocycles. The number of likely N-dealkylation sites (tertiary alicyclic amines) is 1. The van der Waals surface area contributed by atoms with E-state index in [2.05, 4.69) is 15.6 Å². The Labute approximate surface area is 408 Å². The average Bonchev–Trinajstić information content (AvgIpc) is 4.04. The van der Waals surface area contributed by atoms with Crippen LogP contribution in [-0.2, 0) is 35.2 Å². The lowest BCUT2D eigenvalue weighted by molar-refractivity contribution is -0.145. The highest BCUT2D eigenvalue weighted by Gasteiger charge is 2.46. The number of aliphatic hydroxyl groups is 1. The number of aliphatic hydroxyl groups excluding tert-OH is 1. The molecular formula is C50H69ClN8O8S. The van der Waals surface area contributed by atoms with Gasteiger partial charge in [-0.1, -0.05) is 81.6 Å². The van der Waals surface area contributed by atoms with E-state index in [1.807, 2.05) is 76.5 Å². The van der Waals surface area contributed by atoms with E-state index in [0.29, 0.717) is 49.3 Å². The Morgan fingerprint density at radius 1 is 1.04 bits per heavy atom. The first kappa shape index (κ1) is 52.3. The Bertz CT molecular complexity index is 2250. The van der Waals surface area contributed by atoms with Gasteiger partial charge in [0.25, 0.3) is 0 Å². The molecule has 0 radical (unpaired) electrons. The quantitative estimate of drug-likeness (QED) is 0.0701. The summed E-state index contributed by atoms with van der Waals surface area (Å²) in [5.41, 5.74) is 16.6. The van der Waals surface area contributed by atoms with Crippen molar-refractivity contribution in [3.05, 3.63) is 69.8 Å². The number of nitrogens with two attached hydrogens (primary N) is 2. The van der Waals surface area contributed by atoms with E-state index in [-0.39, 0.29) is 68.6 Å². The summed E-state index contributed by atoms with van der Waals surface area (Å²) in [4.78, 5) is 89.8. The molecule has 3 aromatic rings. The summed E-state index contributed by atoms with van der Waals surface area (Å²) in [7, 11) is 0. The second-order valence-electron chi connectivity index (χ2n) is 19.7. The van der Waals surface area contributed by atoms with Crippen molar-refractivity contribution in [1.29, 1.82) is 0 Å². The van der Waals surface area contributed by atoms with Gasteiger partial charge in [-0.05, 0) is 93.4 Å². The van der Waals surface area contributed by atoms with Crippen molar-refractivity contribution in [2.45, 2.75) is 167 Å². The van der Waals surface area contributed by atoms with E-state index in [0.717, 1.165) is 52.9 Å². The highest BCUT2D eigenvalue weighted by atomic mass is 35.5. The zero-order valence-electron chi connectivity index (χ0n) is 40.0. The molecule has 18 heteroatoms. The first-order chi connectivity index (χ1) is 32.4. The molecule has 0 spiro atoms. The van der Waals surface area contributed by atoms with Crippen LogP contribution in [0.5, 0.6) is 5.75 Å². The van der Waals surface area contributed by atoms with Gasteiger partial charge in [-0.2, -0.15) is 0 Å². The van der Waals surface area contributed by atoms with Gasteiger partial charge in [0.2, 0.25) is 35.9 Å². The van der Waals surface area contributed by atoms with Crippen molar-refractivity contribution >= 4 is 58.9 Å². The molecule has 16 nitrogen and oxygen atoms in total. The molecule has 4 heterocycles. The van der Waals surface area contributed by atoms with Gasteiger partial charge in [0.1, 0.15) is 30.6 Å². The van der Waals surface area contributed by atoms with Gasteiger partial charge in [0, 0.05) is 31.8 Å². The SMILES string of the molecule is Cc1ncsc1-c1ccc([C@H](C)NC(=O)C2CC(O)CN2C(=O)[C@@H](NC(=O)CCCCc2cccc(OC[C@H](CCC(N)=O)N(C=O)[C@@H]3CC[C@@H]4CCCC[C@H](N)C(=O)N43)c2Cl)C(C)(C)C)cc1. The number of rotatable bonds is 20. The topological polar surface area (TPSA) is 231 Å². The predicted octanol–water partition coefficient (Wildman–Crippen LogP) is 5.54. The Balaban J connectivity index is 1.02. The fraction of sp³-hybridized carbons (Fsp3) is 0.580. The van der Waals surface area contributed by atoms with Gasteiger partial charge in [-0.25, -0.2) is 4.98 Å². The molecule has 6 rings (SSSR count). The number of hydrogen-bond donors (Lipinski definition) is 5. The number of ether oxygens (including phenoxy) is 1. The number of nitrogens with zero attached hydrogens (tertiary/aromatic N) is 4. The van der Waals surface area contributed by atoms with Crippen LogP contribution in [0.25, 0.3) is 10.4 Å². The fourth-order valence-corrected chi connectivity index (χ4v) is 10.8. The predicted molar refractivity (Wildman–Crippen MR) is 261 cm³/mol. The van der Waals surface area contributed by atoms with Crippen LogP contribution in [-0.4, -0.2) is 116 Å². The third kappa shape index (κ3) is 12.9. The Morgan fingerprint density at radius 3 is 2.46 bits per heavy atom. The van der Waals surface area contributed by atoms with Gasteiger partial charge in [0.15, 0.2) is 0 Å². The standard InChI is InChI=1S/C50H69ClN8O8S/c1-30(32-17-19-34(20-18-32)45-31(2)54-28-68-45)55-47(64)39-25-37(61)26-57(39)49(66)46(50(3,4)5)56-42(63)16-9-6-11-33-12-10-15-40(44(33)51)67-27-36(21-23-41(53)62)58(29-60)43-24-22-35-13-7-8-14-38(52)48(65)59(35)43/h10,12,15,17-20,28-30,35-39,43,46,61H,6-9,11,13-14,16,21-27,52H2,1-5H3,(H2,53,62)(H,55,64)(H,56,63)/t30-,35-,36-,37?,38-,39?,43-,46+/m0/s1. The van der Waals surface area contributed by atoms with Crippen molar-refractivity contribution in [3.63, 3.8) is 0 Å². The number of carbonyl (C=O) groups is 6. The molecule has 3 saturated heterocycles. The third-order valence-electron chi connectivity index (χ3n) is 13.6. The first-order valence-corrected chi connectivity index (χ1v) is 25.2. The maximum atomic E-state index is 14.2. The van der Waals surface area contributed by atoms with E-state index in [1.165, 1.54) is 4.90 Å². The number of amides is 6.